The zero-order chi connectivity index (χ0) is 17.0. The summed E-state index contributed by atoms with van der Waals surface area (Å²) in [6.07, 6.45) is 2.50. The van der Waals surface area contributed by atoms with Gasteiger partial charge in [-0.1, -0.05) is 37.6 Å². The molecule has 0 unspecified atom stereocenters. The third-order valence-electron chi connectivity index (χ3n) is 6.40. The van der Waals surface area contributed by atoms with Gasteiger partial charge in [0.15, 0.2) is 0 Å². The van der Waals surface area contributed by atoms with Crippen LogP contribution in [0.15, 0.2) is 24.8 Å². The number of aliphatic hydroxyl groups excluding tert-OH is 1. The number of carbonyl (C=O) groups is 1. The average Bonchev–Trinajstić information content (AvgIpc) is 2.49. The SMILES string of the molecule is C=C(C)c1ccc2c(c1)[C@@H](O)C[C@H]1[C@](C)(C(=O)O)CCC[C@]21C. The predicted octanol–water partition coefficient (Wildman–Crippen LogP) is 4.31. The molecule has 0 bridgehead atoms. The quantitative estimate of drug-likeness (QED) is 0.855. The number of allylic oxidation sites excluding steroid dienone is 1. The van der Waals surface area contributed by atoms with Gasteiger partial charge in [-0.15, -0.1) is 0 Å². The minimum atomic E-state index is -0.765. The Balaban J connectivity index is 2.16. The first-order valence-corrected chi connectivity index (χ1v) is 8.42. The molecular formula is C20H26O3. The lowest BCUT2D eigenvalue weighted by Crippen LogP contribution is -2.53. The highest BCUT2D eigenvalue weighted by atomic mass is 16.4. The molecule has 4 atom stereocenters. The van der Waals surface area contributed by atoms with Gasteiger partial charge in [0.2, 0.25) is 0 Å². The van der Waals surface area contributed by atoms with Crippen LogP contribution in [0.5, 0.6) is 0 Å². The molecule has 0 aromatic heterocycles. The number of aliphatic hydroxyl groups is 1. The Labute approximate surface area is 138 Å². The topological polar surface area (TPSA) is 57.5 Å². The van der Waals surface area contributed by atoms with Crippen molar-refractivity contribution in [3.8, 4) is 0 Å². The molecule has 2 aliphatic carbocycles. The maximum Gasteiger partial charge on any atom is 0.309 e. The molecular weight excluding hydrogens is 288 g/mol. The van der Waals surface area contributed by atoms with Crippen LogP contribution in [0.3, 0.4) is 0 Å². The van der Waals surface area contributed by atoms with E-state index in [0.717, 1.165) is 35.1 Å². The number of hydrogen-bond donors (Lipinski definition) is 2. The third-order valence-corrected chi connectivity index (χ3v) is 6.40. The van der Waals surface area contributed by atoms with Crippen LogP contribution < -0.4 is 0 Å². The van der Waals surface area contributed by atoms with Crippen LogP contribution in [-0.4, -0.2) is 16.2 Å². The maximum atomic E-state index is 11.9. The highest BCUT2D eigenvalue weighted by molar-refractivity contribution is 5.75. The average molecular weight is 314 g/mol. The minimum Gasteiger partial charge on any atom is -0.481 e. The van der Waals surface area contributed by atoms with Crippen molar-refractivity contribution < 1.29 is 15.0 Å². The van der Waals surface area contributed by atoms with Crippen molar-refractivity contribution in [3.05, 3.63) is 41.5 Å². The van der Waals surface area contributed by atoms with E-state index >= 15 is 0 Å². The Bertz CT molecular complexity index is 677. The Morgan fingerprint density at radius 3 is 2.61 bits per heavy atom. The summed E-state index contributed by atoms with van der Waals surface area (Å²) in [5.74, 6) is -0.776. The molecule has 3 nitrogen and oxygen atoms in total. The van der Waals surface area contributed by atoms with Crippen LogP contribution in [0.1, 0.15) is 69.2 Å². The summed E-state index contributed by atoms with van der Waals surface area (Å²) < 4.78 is 0. The first-order chi connectivity index (χ1) is 10.7. The predicted molar refractivity (Wildman–Crippen MR) is 91.2 cm³/mol. The second-order valence-electron chi connectivity index (χ2n) is 7.88. The summed E-state index contributed by atoms with van der Waals surface area (Å²) in [4.78, 5) is 11.9. The molecule has 3 heteroatoms. The number of benzene rings is 1. The van der Waals surface area contributed by atoms with Crippen LogP contribution in [0.4, 0.5) is 0 Å². The van der Waals surface area contributed by atoms with Crippen LogP contribution >= 0.6 is 0 Å². The van der Waals surface area contributed by atoms with Crippen molar-refractivity contribution >= 4 is 11.5 Å². The van der Waals surface area contributed by atoms with E-state index in [0.29, 0.717) is 12.8 Å². The Kier molecular flexibility index (Phi) is 3.68. The fourth-order valence-corrected chi connectivity index (χ4v) is 4.95. The van der Waals surface area contributed by atoms with Gasteiger partial charge in [0.25, 0.3) is 0 Å². The maximum absolute atomic E-state index is 11.9. The van der Waals surface area contributed by atoms with Gasteiger partial charge in [-0.2, -0.15) is 0 Å². The van der Waals surface area contributed by atoms with E-state index in [1.807, 2.05) is 26.0 Å². The van der Waals surface area contributed by atoms with E-state index in [-0.39, 0.29) is 11.3 Å². The van der Waals surface area contributed by atoms with E-state index in [1.165, 1.54) is 0 Å². The zero-order valence-electron chi connectivity index (χ0n) is 14.2. The van der Waals surface area contributed by atoms with Crippen molar-refractivity contribution in [2.75, 3.05) is 0 Å². The first kappa shape index (κ1) is 16.3. The van der Waals surface area contributed by atoms with E-state index in [9.17, 15) is 15.0 Å². The first-order valence-electron chi connectivity index (χ1n) is 8.42. The van der Waals surface area contributed by atoms with Crippen molar-refractivity contribution in [1.29, 1.82) is 0 Å². The van der Waals surface area contributed by atoms with Gasteiger partial charge in [-0.3, -0.25) is 4.79 Å². The summed E-state index contributed by atoms with van der Waals surface area (Å²) in [6, 6.07) is 6.17. The Morgan fingerprint density at radius 2 is 2.00 bits per heavy atom. The van der Waals surface area contributed by atoms with Gasteiger partial charge in [-0.25, -0.2) is 0 Å². The molecule has 23 heavy (non-hydrogen) atoms. The highest BCUT2D eigenvalue weighted by Gasteiger charge is 2.56. The largest absolute Gasteiger partial charge is 0.481 e. The molecule has 1 aromatic carbocycles. The van der Waals surface area contributed by atoms with Gasteiger partial charge in [0, 0.05) is 0 Å². The molecule has 1 saturated carbocycles. The number of aliphatic carboxylic acids is 1. The van der Waals surface area contributed by atoms with Crippen LogP contribution in [-0.2, 0) is 10.2 Å². The van der Waals surface area contributed by atoms with Gasteiger partial charge in [0.1, 0.15) is 0 Å². The van der Waals surface area contributed by atoms with E-state index in [2.05, 4.69) is 19.6 Å². The lowest BCUT2D eigenvalue weighted by molar-refractivity contribution is -0.159. The van der Waals surface area contributed by atoms with Crippen LogP contribution in [0, 0.1) is 11.3 Å². The lowest BCUT2D eigenvalue weighted by atomic mass is 9.49. The molecule has 0 heterocycles. The third kappa shape index (κ3) is 2.25. The van der Waals surface area contributed by atoms with Gasteiger partial charge in [-0.05, 0) is 67.2 Å². The molecule has 3 rings (SSSR count). The molecule has 124 valence electrons. The molecule has 0 radical (unpaired) electrons. The number of carboxylic acids is 1. The Hall–Kier alpha value is -1.61. The molecule has 1 fully saturated rings. The summed E-state index contributed by atoms with van der Waals surface area (Å²) in [7, 11) is 0. The molecule has 0 saturated heterocycles. The van der Waals surface area contributed by atoms with Crippen molar-refractivity contribution in [3.63, 3.8) is 0 Å². The van der Waals surface area contributed by atoms with Crippen LogP contribution in [0.2, 0.25) is 0 Å². The van der Waals surface area contributed by atoms with Gasteiger partial charge >= 0.3 is 5.97 Å². The molecule has 1 aromatic rings. The lowest BCUT2D eigenvalue weighted by Gasteiger charge is -2.54. The fourth-order valence-electron chi connectivity index (χ4n) is 4.95. The monoisotopic (exact) mass is 314 g/mol. The second-order valence-corrected chi connectivity index (χ2v) is 7.88. The van der Waals surface area contributed by atoms with Gasteiger partial charge < -0.3 is 10.2 Å². The minimum absolute atomic E-state index is 0.0422. The number of hydrogen-bond acceptors (Lipinski definition) is 2. The molecule has 2 N–H and O–H groups in total. The number of fused-ring (bicyclic) bond motifs is 3. The summed E-state index contributed by atoms with van der Waals surface area (Å²) in [6.45, 7) is 9.99. The molecule has 0 amide bonds. The standard InChI is InChI=1S/C20H26O3/c1-12(2)13-6-7-15-14(10-13)16(21)11-17-19(15,3)8-5-9-20(17,4)18(22)23/h6-7,10,16-17,21H,1,5,8-9,11H2,2-4H3,(H,22,23)/t16-,17+,19+,20+/m0/s1. The normalized spacial score (nSPS) is 36.0. The summed E-state index contributed by atoms with van der Waals surface area (Å²) >= 11 is 0. The number of rotatable bonds is 2. The van der Waals surface area contributed by atoms with E-state index in [1.54, 1.807) is 0 Å². The van der Waals surface area contributed by atoms with E-state index < -0.39 is 17.5 Å². The van der Waals surface area contributed by atoms with Gasteiger partial charge in [0.05, 0.1) is 11.5 Å². The molecule has 2 aliphatic rings. The Morgan fingerprint density at radius 1 is 1.30 bits per heavy atom. The second kappa shape index (κ2) is 5.20. The highest BCUT2D eigenvalue weighted by Crippen LogP contribution is 2.59. The molecule has 0 aliphatic heterocycles. The smallest absolute Gasteiger partial charge is 0.309 e. The number of carboxylic acid groups (broad SMARTS) is 1. The summed E-state index contributed by atoms with van der Waals surface area (Å²) in [5.41, 5.74) is 3.15. The van der Waals surface area contributed by atoms with Crippen molar-refractivity contribution in [1.82, 2.24) is 0 Å². The van der Waals surface area contributed by atoms with Crippen LogP contribution in [0.25, 0.3) is 5.57 Å². The summed E-state index contributed by atoms with van der Waals surface area (Å²) in [5, 5.41) is 20.5. The van der Waals surface area contributed by atoms with E-state index in [4.69, 9.17) is 0 Å². The molecule has 0 spiro atoms. The van der Waals surface area contributed by atoms with Crippen molar-refractivity contribution in [2.45, 2.75) is 58.0 Å². The van der Waals surface area contributed by atoms with Crippen molar-refractivity contribution in [2.24, 2.45) is 11.3 Å². The fraction of sp³-hybridized carbons (Fsp3) is 0.550. The zero-order valence-corrected chi connectivity index (χ0v) is 14.2.